The third kappa shape index (κ3) is 1.95. The highest BCUT2D eigenvalue weighted by molar-refractivity contribution is 5.57. The van der Waals surface area contributed by atoms with E-state index < -0.39 is 0 Å². The molecule has 1 saturated heterocycles. The number of hydrogen-bond donors (Lipinski definition) is 1. The predicted molar refractivity (Wildman–Crippen MR) is 72.5 cm³/mol. The summed E-state index contributed by atoms with van der Waals surface area (Å²) >= 11 is 0. The van der Waals surface area contributed by atoms with Gasteiger partial charge < -0.3 is 10.2 Å². The van der Waals surface area contributed by atoms with Crippen LogP contribution >= 0.6 is 0 Å². The van der Waals surface area contributed by atoms with E-state index in [1.807, 2.05) is 0 Å². The quantitative estimate of drug-likeness (QED) is 0.796. The van der Waals surface area contributed by atoms with Gasteiger partial charge in [-0.25, -0.2) is 0 Å². The largest absolute Gasteiger partial charge is 0.366 e. The van der Waals surface area contributed by atoms with Crippen LogP contribution in [0.1, 0.15) is 19.4 Å². The van der Waals surface area contributed by atoms with Crippen molar-refractivity contribution in [3.8, 4) is 0 Å². The molecule has 3 rings (SSSR count). The Hall–Kier alpha value is -1.02. The van der Waals surface area contributed by atoms with Crippen molar-refractivity contribution >= 4 is 5.69 Å². The highest BCUT2D eigenvalue weighted by Gasteiger charge is 2.33. The van der Waals surface area contributed by atoms with Crippen LogP contribution in [0.3, 0.4) is 0 Å². The first-order valence-corrected chi connectivity index (χ1v) is 6.81. The minimum atomic E-state index is 0.680. The van der Waals surface area contributed by atoms with Gasteiger partial charge in [0, 0.05) is 24.8 Å². The fraction of sp³-hybridized carbons (Fsp3) is 0.600. The van der Waals surface area contributed by atoms with Crippen LogP contribution in [-0.2, 0) is 6.42 Å². The van der Waals surface area contributed by atoms with Crippen LogP contribution in [0.2, 0.25) is 0 Å². The molecule has 3 unspecified atom stereocenters. The van der Waals surface area contributed by atoms with Gasteiger partial charge in [-0.15, -0.1) is 0 Å². The number of benzene rings is 1. The number of rotatable bonds is 1. The average molecular weight is 230 g/mol. The standard InChI is InChI=1S/C15H22N2/c1-11-7-13-5-3-4-6-14(13)17(10-11)15-9-16-8-12(15)2/h3-6,11-12,15-16H,7-10H2,1-2H3. The van der Waals surface area contributed by atoms with E-state index in [2.05, 4.69) is 48.3 Å². The molecule has 17 heavy (non-hydrogen) atoms. The molecule has 2 aliphatic rings. The Morgan fingerprint density at radius 3 is 2.76 bits per heavy atom. The predicted octanol–water partition coefficient (Wildman–Crippen LogP) is 2.29. The topological polar surface area (TPSA) is 15.3 Å². The summed E-state index contributed by atoms with van der Waals surface area (Å²) in [7, 11) is 0. The molecule has 2 aliphatic heterocycles. The lowest BCUT2D eigenvalue weighted by molar-refractivity contribution is 0.448. The van der Waals surface area contributed by atoms with Crippen LogP contribution in [0.15, 0.2) is 24.3 Å². The van der Waals surface area contributed by atoms with Crippen molar-refractivity contribution < 1.29 is 0 Å². The molecule has 0 bridgehead atoms. The lowest BCUT2D eigenvalue weighted by Crippen LogP contribution is -2.45. The summed E-state index contributed by atoms with van der Waals surface area (Å²) < 4.78 is 0. The van der Waals surface area contributed by atoms with E-state index in [0.717, 1.165) is 24.9 Å². The molecule has 1 fully saturated rings. The first kappa shape index (κ1) is 11.1. The van der Waals surface area contributed by atoms with Crippen LogP contribution < -0.4 is 10.2 Å². The van der Waals surface area contributed by atoms with Crippen LogP contribution in [0.5, 0.6) is 0 Å². The zero-order valence-corrected chi connectivity index (χ0v) is 10.8. The molecule has 0 radical (unpaired) electrons. The van der Waals surface area contributed by atoms with Crippen LogP contribution in [-0.4, -0.2) is 25.7 Å². The summed E-state index contributed by atoms with van der Waals surface area (Å²) in [4.78, 5) is 2.65. The van der Waals surface area contributed by atoms with Crippen LogP contribution in [0.4, 0.5) is 5.69 Å². The van der Waals surface area contributed by atoms with Crippen molar-refractivity contribution in [3.05, 3.63) is 29.8 Å². The molecule has 0 aromatic heterocycles. The Morgan fingerprint density at radius 1 is 1.18 bits per heavy atom. The first-order valence-electron chi connectivity index (χ1n) is 6.81. The number of nitrogens with zero attached hydrogens (tertiary/aromatic N) is 1. The summed E-state index contributed by atoms with van der Waals surface area (Å²) in [6.07, 6.45) is 1.24. The van der Waals surface area contributed by atoms with Crippen molar-refractivity contribution in [1.29, 1.82) is 0 Å². The van der Waals surface area contributed by atoms with Gasteiger partial charge in [0.15, 0.2) is 0 Å². The van der Waals surface area contributed by atoms with E-state index in [-0.39, 0.29) is 0 Å². The maximum Gasteiger partial charge on any atom is 0.0452 e. The summed E-state index contributed by atoms with van der Waals surface area (Å²) in [5, 5.41) is 3.52. The second-order valence-corrected chi connectivity index (χ2v) is 5.79. The smallest absolute Gasteiger partial charge is 0.0452 e. The summed E-state index contributed by atoms with van der Waals surface area (Å²) in [5.74, 6) is 1.53. The van der Waals surface area contributed by atoms with E-state index in [1.54, 1.807) is 0 Å². The van der Waals surface area contributed by atoms with Gasteiger partial charge in [-0.05, 0) is 36.4 Å². The molecule has 0 spiro atoms. The molecule has 1 aromatic rings. The molecule has 2 heteroatoms. The zero-order valence-electron chi connectivity index (χ0n) is 10.8. The van der Waals surface area contributed by atoms with E-state index in [9.17, 15) is 0 Å². The van der Waals surface area contributed by atoms with Gasteiger partial charge >= 0.3 is 0 Å². The highest BCUT2D eigenvalue weighted by atomic mass is 15.2. The van der Waals surface area contributed by atoms with Crippen molar-refractivity contribution in [3.63, 3.8) is 0 Å². The third-order valence-electron chi connectivity index (χ3n) is 4.25. The SMILES string of the molecule is CC1Cc2ccccc2N(C2CNCC2C)C1. The first-order chi connectivity index (χ1) is 8.25. The average Bonchev–Trinajstić information content (AvgIpc) is 2.74. The Labute approximate surface area is 104 Å². The van der Waals surface area contributed by atoms with Gasteiger partial charge in [0.25, 0.3) is 0 Å². The monoisotopic (exact) mass is 230 g/mol. The lowest BCUT2D eigenvalue weighted by atomic mass is 9.91. The van der Waals surface area contributed by atoms with Crippen molar-refractivity contribution in [2.45, 2.75) is 26.3 Å². The minimum Gasteiger partial charge on any atom is -0.366 e. The Balaban J connectivity index is 1.94. The van der Waals surface area contributed by atoms with Gasteiger partial charge in [0.2, 0.25) is 0 Å². The molecule has 0 aliphatic carbocycles. The molecular weight excluding hydrogens is 208 g/mol. The van der Waals surface area contributed by atoms with E-state index in [1.165, 1.54) is 24.2 Å². The van der Waals surface area contributed by atoms with E-state index in [4.69, 9.17) is 0 Å². The minimum absolute atomic E-state index is 0.680. The molecule has 0 saturated carbocycles. The zero-order chi connectivity index (χ0) is 11.8. The lowest BCUT2D eigenvalue weighted by Gasteiger charge is -2.40. The molecular formula is C15H22N2. The van der Waals surface area contributed by atoms with Gasteiger partial charge in [-0.3, -0.25) is 0 Å². The molecule has 0 amide bonds. The molecule has 1 aromatic carbocycles. The van der Waals surface area contributed by atoms with Gasteiger partial charge in [-0.2, -0.15) is 0 Å². The second-order valence-electron chi connectivity index (χ2n) is 5.79. The number of fused-ring (bicyclic) bond motifs is 1. The molecule has 92 valence electrons. The fourth-order valence-electron chi connectivity index (χ4n) is 3.37. The third-order valence-corrected chi connectivity index (χ3v) is 4.25. The molecule has 1 N–H and O–H groups in total. The van der Waals surface area contributed by atoms with Gasteiger partial charge in [0.1, 0.15) is 0 Å². The number of anilines is 1. The van der Waals surface area contributed by atoms with Crippen molar-refractivity contribution in [2.24, 2.45) is 11.8 Å². The van der Waals surface area contributed by atoms with Gasteiger partial charge in [-0.1, -0.05) is 32.0 Å². The maximum atomic E-state index is 3.52. The fourth-order valence-corrected chi connectivity index (χ4v) is 3.37. The van der Waals surface area contributed by atoms with Crippen LogP contribution in [0, 0.1) is 11.8 Å². The Kier molecular flexibility index (Phi) is 2.83. The normalized spacial score (nSPS) is 32.6. The number of para-hydroxylation sites is 1. The van der Waals surface area contributed by atoms with Crippen LogP contribution in [0.25, 0.3) is 0 Å². The summed E-state index contributed by atoms with van der Waals surface area (Å²) in [6, 6.07) is 9.62. The number of hydrogen-bond acceptors (Lipinski definition) is 2. The van der Waals surface area contributed by atoms with E-state index >= 15 is 0 Å². The van der Waals surface area contributed by atoms with Crippen molar-refractivity contribution in [2.75, 3.05) is 24.5 Å². The summed E-state index contributed by atoms with van der Waals surface area (Å²) in [6.45, 7) is 8.26. The van der Waals surface area contributed by atoms with E-state index in [0.29, 0.717) is 6.04 Å². The van der Waals surface area contributed by atoms with Crippen molar-refractivity contribution in [1.82, 2.24) is 5.32 Å². The highest BCUT2D eigenvalue weighted by Crippen LogP contribution is 2.33. The Bertz CT molecular complexity index is 402. The number of nitrogens with one attached hydrogen (secondary N) is 1. The second kappa shape index (κ2) is 4.34. The van der Waals surface area contributed by atoms with Gasteiger partial charge in [0.05, 0.1) is 0 Å². The maximum absolute atomic E-state index is 3.52. The Morgan fingerprint density at radius 2 is 2.00 bits per heavy atom. The molecule has 2 nitrogen and oxygen atoms in total. The molecule has 2 heterocycles. The molecule has 3 atom stereocenters. The summed E-state index contributed by atoms with van der Waals surface area (Å²) in [5.41, 5.74) is 3.01.